The van der Waals surface area contributed by atoms with Crippen LogP contribution >= 0.6 is 23.1 Å². The van der Waals surface area contributed by atoms with E-state index in [1.54, 1.807) is 25.6 Å². The molecule has 2 aromatic rings. The molecule has 1 saturated heterocycles. The number of imidazole rings is 1. The van der Waals surface area contributed by atoms with Gasteiger partial charge in [0.05, 0.1) is 47.0 Å². The average Bonchev–Trinajstić information content (AvgIpc) is 3.28. The van der Waals surface area contributed by atoms with Gasteiger partial charge in [-0.15, -0.1) is 0 Å². The molecule has 11 heteroatoms. The zero-order valence-corrected chi connectivity index (χ0v) is 19.4. The summed E-state index contributed by atoms with van der Waals surface area (Å²) >= 11 is 3.09. The van der Waals surface area contributed by atoms with Gasteiger partial charge in [0.25, 0.3) is 6.33 Å². The highest BCUT2D eigenvalue weighted by Crippen LogP contribution is 2.51. The molecule has 4 rings (SSSR count). The Balaban J connectivity index is 1.74. The molecule has 9 nitrogen and oxygen atoms in total. The fraction of sp³-hybridized carbons (Fsp3) is 0.500. The van der Waals surface area contributed by atoms with Gasteiger partial charge in [0.15, 0.2) is 0 Å². The quantitative estimate of drug-likeness (QED) is 0.191. The summed E-state index contributed by atoms with van der Waals surface area (Å²) in [6.07, 6.45) is 5.01. The van der Waals surface area contributed by atoms with Crippen LogP contribution in [0.15, 0.2) is 28.2 Å². The van der Waals surface area contributed by atoms with Crippen molar-refractivity contribution in [1.82, 2.24) is 9.30 Å². The molecule has 31 heavy (non-hydrogen) atoms. The molecule has 3 N–H and O–H groups in total. The van der Waals surface area contributed by atoms with Crippen LogP contribution in [0.1, 0.15) is 25.6 Å². The number of fused-ring (bicyclic) bond motifs is 2. The maximum atomic E-state index is 12.6. The van der Waals surface area contributed by atoms with E-state index in [0.29, 0.717) is 24.5 Å². The number of thioether (sulfide) groups is 1. The number of aliphatic hydroxyl groups excluding tert-OH is 1. The first-order valence-electron chi connectivity index (χ1n) is 9.98. The van der Waals surface area contributed by atoms with Crippen molar-refractivity contribution >= 4 is 51.2 Å². The molecule has 0 spiro atoms. The number of aromatic nitrogens is 2. The highest BCUT2D eigenvalue weighted by Gasteiger charge is 2.59. The topological polar surface area (TPSA) is 127 Å². The van der Waals surface area contributed by atoms with Gasteiger partial charge in [-0.05, 0) is 20.1 Å². The van der Waals surface area contributed by atoms with Crippen LogP contribution in [0.2, 0.25) is 0 Å². The van der Waals surface area contributed by atoms with Gasteiger partial charge in [0.2, 0.25) is 15.8 Å². The van der Waals surface area contributed by atoms with E-state index in [9.17, 15) is 19.8 Å². The molecule has 1 amide bonds. The Hall–Kier alpha value is -2.37. The number of carbonyl (C=O) groups excluding carboxylic acids is 2. The maximum absolute atomic E-state index is 12.6. The predicted octanol–water partition coefficient (Wildman–Crippen LogP) is -0.294. The van der Waals surface area contributed by atoms with E-state index in [0.717, 1.165) is 14.7 Å². The summed E-state index contributed by atoms with van der Waals surface area (Å²) < 4.78 is 4.07. The van der Waals surface area contributed by atoms with Crippen LogP contribution in [0.25, 0.3) is 10.4 Å². The van der Waals surface area contributed by atoms with Crippen molar-refractivity contribution in [2.24, 2.45) is 22.6 Å². The maximum Gasteiger partial charge on any atom is 0.250 e. The first kappa shape index (κ1) is 21.8. The van der Waals surface area contributed by atoms with Crippen LogP contribution in [0, 0.1) is 11.8 Å². The monoisotopic (exact) mass is 463 g/mol. The van der Waals surface area contributed by atoms with Crippen LogP contribution < -0.4 is 15.4 Å². The van der Waals surface area contributed by atoms with E-state index in [2.05, 4.69) is 9.56 Å². The third kappa shape index (κ3) is 3.35. The van der Waals surface area contributed by atoms with Crippen molar-refractivity contribution in [3.63, 3.8) is 0 Å². The minimum Gasteiger partial charge on any atom is -0.543 e. The summed E-state index contributed by atoms with van der Waals surface area (Å²) in [5.74, 6) is -2.00. The lowest BCUT2D eigenvalue weighted by Gasteiger charge is -2.47. The molecule has 0 bridgehead atoms. The molecule has 0 aliphatic carbocycles. The second-order valence-electron chi connectivity index (χ2n) is 7.95. The second-order valence-corrected chi connectivity index (χ2v) is 9.78. The number of thiazole rings is 1. The van der Waals surface area contributed by atoms with Gasteiger partial charge in [0, 0.05) is 11.5 Å². The summed E-state index contributed by atoms with van der Waals surface area (Å²) in [5.41, 5.74) is 6.14. The van der Waals surface area contributed by atoms with E-state index >= 15 is 0 Å². The summed E-state index contributed by atoms with van der Waals surface area (Å²) in [7, 11) is 0. The molecular weight excluding hydrogens is 438 g/mol. The number of amides is 1. The van der Waals surface area contributed by atoms with Gasteiger partial charge in [0.1, 0.15) is 12.7 Å². The van der Waals surface area contributed by atoms with Gasteiger partial charge < -0.3 is 25.6 Å². The van der Waals surface area contributed by atoms with E-state index in [1.165, 1.54) is 16.2 Å². The number of β-lactam (4-membered cyclic amide) rings is 1. The number of hydrogen-bond donors (Lipinski definition) is 2. The molecule has 1 fully saturated rings. The Morgan fingerprint density at radius 3 is 2.81 bits per heavy atom. The number of rotatable bonds is 7. The minimum absolute atomic E-state index is 0.0739. The Kier molecular flexibility index (Phi) is 5.61. The van der Waals surface area contributed by atoms with Crippen molar-refractivity contribution in [3.8, 4) is 0 Å². The normalized spacial score (nSPS) is 24.7. The predicted molar refractivity (Wildman–Crippen MR) is 116 cm³/mol. The lowest BCUT2D eigenvalue weighted by Crippen LogP contribution is -2.64. The molecule has 2 aromatic heterocycles. The Morgan fingerprint density at radius 2 is 2.23 bits per heavy atom. The Labute approximate surface area is 187 Å². The SMILES string of the molecule is CSc1c2sc(C3=C(C(=O)[O-])N4C(=O)[C@H]([C@@H](C)O)[C@H]4[C@H]3C)cn2c[n+]1CCN=C(C)N. The Morgan fingerprint density at radius 1 is 1.52 bits per heavy atom. The van der Waals surface area contributed by atoms with E-state index in [4.69, 9.17) is 5.73 Å². The van der Waals surface area contributed by atoms with Crippen LogP contribution in [0.5, 0.6) is 0 Å². The zero-order valence-electron chi connectivity index (χ0n) is 17.7. The third-order valence-electron chi connectivity index (χ3n) is 5.93. The van der Waals surface area contributed by atoms with E-state index in [-0.39, 0.29) is 23.6 Å². The van der Waals surface area contributed by atoms with Crippen LogP contribution in [0.4, 0.5) is 0 Å². The average molecular weight is 464 g/mol. The molecule has 166 valence electrons. The van der Waals surface area contributed by atoms with E-state index in [1.807, 2.05) is 30.1 Å². The number of amidine groups is 1. The largest absolute Gasteiger partial charge is 0.543 e. The van der Waals surface area contributed by atoms with Gasteiger partial charge in [-0.25, -0.2) is 4.57 Å². The molecule has 0 saturated carbocycles. The van der Waals surface area contributed by atoms with Crippen LogP contribution in [-0.2, 0) is 16.1 Å². The van der Waals surface area contributed by atoms with Crippen molar-refractivity contribution < 1.29 is 24.4 Å². The first-order chi connectivity index (χ1) is 14.7. The second kappa shape index (κ2) is 7.95. The molecule has 0 radical (unpaired) electrons. The standard InChI is InChI=1S/C20H25N5O4S2/c1-9-13(16(20(28)29)25-15(9)14(10(2)26)17(25)27)12-7-24-8-23(6-5-22-11(3)21)18(30-4)19(24)31-12/h7-10,14-15,26H,5-6H2,1-4H3,(H2-,21,22,28,29)/t9-,10+,14+,15+/m0/s1. The van der Waals surface area contributed by atoms with Gasteiger partial charge in [-0.3, -0.25) is 9.79 Å². The van der Waals surface area contributed by atoms with Gasteiger partial charge in [-0.1, -0.05) is 30.0 Å². The van der Waals surface area contributed by atoms with Crippen molar-refractivity contribution in [2.75, 3.05) is 12.8 Å². The smallest absolute Gasteiger partial charge is 0.250 e. The molecule has 0 aromatic carbocycles. The van der Waals surface area contributed by atoms with Crippen LogP contribution in [0.3, 0.4) is 0 Å². The minimum atomic E-state index is -1.37. The molecule has 2 aliphatic rings. The number of nitrogens with zero attached hydrogens (tertiary/aromatic N) is 4. The molecule has 2 aliphatic heterocycles. The fourth-order valence-corrected chi connectivity index (χ4v) is 6.84. The first-order valence-corrected chi connectivity index (χ1v) is 12.0. The lowest BCUT2D eigenvalue weighted by molar-refractivity contribution is -0.727. The molecule has 4 heterocycles. The summed E-state index contributed by atoms with van der Waals surface area (Å²) in [6.45, 7) is 6.48. The number of aliphatic hydroxyl groups is 1. The van der Waals surface area contributed by atoms with E-state index < -0.39 is 18.0 Å². The van der Waals surface area contributed by atoms with Crippen molar-refractivity contribution in [1.29, 1.82) is 0 Å². The van der Waals surface area contributed by atoms with Crippen molar-refractivity contribution in [2.45, 2.75) is 44.5 Å². The number of carbonyl (C=O) groups is 2. The number of aliphatic imine (C=N–C) groups is 1. The summed E-state index contributed by atoms with van der Waals surface area (Å²) in [6, 6.07) is -0.362. The fourth-order valence-electron chi connectivity index (χ4n) is 4.64. The molecular formula is C20H25N5O4S2. The van der Waals surface area contributed by atoms with Gasteiger partial charge in [-0.2, -0.15) is 4.40 Å². The zero-order chi connectivity index (χ0) is 22.6. The number of carboxylic acids is 1. The lowest BCUT2D eigenvalue weighted by atomic mass is 9.77. The van der Waals surface area contributed by atoms with Crippen LogP contribution in [-0.4, -0.2) is 57.1 Å². The highest BCUT2D eigenvalue weighted by molar-refractivity contribution is 7.98. The molecule has 4 atom stereocenters. The number of hydrogen-bond acceptors (Lipinski definition) is 7. The third-order valence-corrected chi connectivity index (χ3v) is 8.02. The number of nitrogens with two attached hydrogens (primary N) is 1. The Bertz CT molecular complexity index is 1130. The summed E-state index contributed by atoms with van der Waals surface area (Å²) in [4.78, 5) is 31.8. The summed E-state index contributed by atoms with van der Waals surface area (Å²) in [5, 5.41) is 23.1. The molecule has 0 unspecified atom stereocenters. The van der Waals surface area contributed by atoms with Crippen molar-refractivity contribution in [3.05, 3.63) is 23.1 Å². The highest BCUT2D eigenvalue weighted by atomic mass is 32.2. The number of carboxylic acid groups (broad SMARTS) is 1. The number of aliphatic carboxylic acids is 1. The van der Waals surface area contributed by atoms with Gasteiger partial charge >= 0.3 is 0 Å².